The molecular formula is C36H38N2O3. The third-order valence-electron chi connectivity index (χ3n) is 8.28. The van der Waals surface area contributed by atoms with Crippen LogP contribution in [0, 0.1) is 6.92 Å². The quantitative estimate of drug-likeness (QED) is 0.204. The van der Waals surface area contributed by atoms with Crippen LogP contribution in [0.15, 0.2) is 91.0 Å². The normalized spacial score (nSPS) is 13.9. The number of methoxy groups -OCH3 is 1. The van der Waals surface area contributed by atoms with Crippen LogP contribution in [0.2, 0.25) is 0 Å². The van der Waals surface area contributed by atoms with Gasteiger partial charge in [-0.15, -0.1) is 0 Å². The Morgan fingerprint density at radius 2 is 1.49 bits per heavy atom. The van der Waals surface area contributed by atoms with E-state index in [0.29, 0.717) is 0 Å². The van der Waals surface area contributed by atoms with Crippen molar-refractivity contribution in [1.82, 2.24) is 9.47 Å². The molecule has 210 valence electrons. The van der Waals surface area contributed by atoms with Crippen molar-refractivity contribution in [3.8, 4) is 39.6 Å². The standard InChI is InChI=1S/C36H38N2O3/c1-26-33-24-29(32-8-4-5-9-35(32)39)14-19-34(33)38(36(26)28-12-17-30(40-2)18-13-28)25-27-10-15-31(16-11-27)41-23-22-37-20-6-3-7-21-37/h4-5,8-19,24,39H,3,6-7,20-23,25H2,1-2H3. The summed E-state index contributed by atoms with van der Waals surface area (Å²) in [5.74, 6) is 2.05. The number of likely N-dealkylation sites (tertiary alicyclic amines) is 1. The van der Waals surface area contributed by atoms with Crippen molar-refractivity contribution in [2.45, 2.75) is 32.7 Å². The van der Waals surface area contributed by atoms with Gasteiger partial charge in [0.1, 0.15) is 23.9 Å². The summed E-state index contributed by atoms with van der Waals surface area (Å²) < 4.78 is 13.9. The molecule has 0 unspecified atom stereocenters. The molecule has 0 amide bonds. The molecule has 5 aromatic rings. The lowest BCUT2D eigenvalue weighted by atomic mass is 10.0. The zero-order valence-corrected chi connectivity index (χ0v) is 24.0. The van der Waals surface area contributed by atoms with E-state index in [1.807, 2.05) is 30.3 Å². The number of rotatable bonds is 9. The molecule has 5 heteroatoms. The van der Waals surface area contributed by atoms with Gasteiger partial charge in [-0.05, 0) is 110 Å². The summed E-state index contributed by atoms with van der Waals surface area (Å²) in [5, 5.41) is 11.7. The topological polar surface area (TPSA) is 46.9 Å². The smallest absolute Gasteiger partial charge is 0.123 e. The molecule has 4 aromatic carbocycles. The van der Waals surface area contributed by atoms with Gasteiger partial charge in [-0.1, -0.05) is 42.8 Å². The Bertz CT molecular complexity index is 1610. The van der Waals surface area contributed by atoms with Gasteiger partial charge in [0.2, 0.25) is 0 Å². The second-order valence-corrected chi connectivity index (χ2v) is 10.9. The Morgan fingerprint density at radius 1 is 0.780 bits per heavy atom. The van der Waals surface area contributed by atoms with E-state index < -0.39 is 0 Å². The van der Waals surface area contributed by atoms with Crippen molar-refractivity contribution in [3.63, 3.8) is 0 Å². The van der Waals surface area contributed by atoms with Crippen LogP contribution in [0.4, 0.5) is 0 Å². The molecule has 1 aromatic heterocycles. The maximum Gasteiger partial charge on any atom is 0.123 e. The summed E-state index contributed by atoms with van der Waals surface area (Å²) >= 11 is 0. The van der Waals surface area contributed by atoms with Gasteiger partial charge in [0.25, 0.3) is 0 Å². The molecule has 0 bridgehead atoms. The summed E-state index contributed by atoms with van der Waals surface area (Å²) in [6.07, 6.45) is 3.96. The van der Waals surface area contributed by atoms with E-state index in [4.69, 9.17) is 9.47 Å². The lowest BCUT2D eigenvalue weighted by Gasteiger charge is -2.26. The Morgan fingerprint density at radius 3 is 2.22 bits per heavy atom. The molecule has 1 fully saturated rings. The molecule has 1 saturated heterocycles. The van der Waals surface area contributed by atoms with E-state index in [-0.39, 0.29) is 5.75 Å². The third kappa shape index (κ3) is 5.82. The van der Waals surface area contributed by atoms with Crippen molar-refractivity contribution in [2.24, 2.45) is 0 Å². The first kappa shape index (κ1) is 27.0. The lowest BCUT2D eigenvalue weighted by molar-refractivity contribution is 0.183. The van der Waals surface area contributed by atoms with Crippen LogP contribution in [-0.2, 0) is 6.54 Å². The van der Waals surface area contributed by atoms with E-state index in [9.17, 15) is 5.11 Å². The first-order chi connectivity index (χ1) is 20.1. The van der Waals surface area contributed by atoms with Gasteiger partial charge < -0.3 is 19.1 Å². The van der Waals surface area contributed by atoms with Gasteiger partial charge in [-0.3, -0.25) is 4.90 Å². The number of aromatic nitrogens is 1. The average molecular weight is 547 g/mol. The van der Waals surface area contributed by atoms with E-state index in [1.54, 1.807) is 13.2 Å². The van der Waals surface area contributed by atoms with Crippen molar-refractivity contribution in [3.05, 3.63) is 102 Å². The maximum atomic E-state index is 10.5. The van der Waals surface area contributed by atoms with Crippen LogP contribution in [-0.4, -0.2) is 47.9 Å². The predicted octanol–water partition coefficient (Wildman–Crippen LogP) is 7.91. The predicted molar refractivity (Wildman–Crippen MR) is 167 cm³/mol. The fourth-order valence-electron chi connectivity index (χ4n) is 6.04. The molecule has 6 rings (SSSR count). The summed E-state index contributed by atoms with van der Waals surface area (Å²) in [5.41, 5.74) is 7.74. The summed E-state index contributed by atoms with van der Waals surface area (Å²) in [6, 6.07) is 30.8. The second-order valence-electron chi connectivity index (χ2n) is 10.9. The number of phenols is 1. The molecule has 1 N–H and O–H groups in total. The number of hydrogen-bond acceptors (Lipinski definition) is 4. The first-order valence-electron chi connectivity index (χ1n) is 14.6. The lowest BCUT2D eigenvalue weighted by Crippen LogP contribution is -2.33. The van der Waals surface area contributed by atoms with Crippen LogP contribution in [0.5, 0.6) is 17.2 Å². The Labute approximate surface area is 242 Å². The highest BCUT2D eigenvalue weighted by atomic mass is 16.5. The van der Waals surface area contributed by atoms with Crippen LogP contribution in [0.25, 0.3) is 33.3 Å². The number of piperidine rings is 1. The number of nitrogens with zero attached hydrogens (tertiary/aromatic N) is 2. The SMILES string of the molecule is COc1ccc(-c2c(C)c3cc(-c4ccccc4O)ccc3n2Cc2ccc(OCCN3CCCCC3)cc2)cc1. The molecule has 5 nitrogen and oxygen atoms in total. The number of phenolic OH excluding ortho intramolecular Hbond substituents is 1. The number of benzene rings is 4. The number of para-hydroxylation sites is 1. The van der Waals surface area contributed by atoms with E-state index in [1.165, 1.54) is 54.6 Å². The number of aromatic hydroxyl groups is 1. The van der Waals surface area contributed by atoms with Crippen molar-refractivity contribution in [2.75, 3.05) is 33.4 Å². The first-order valence-corrected chi connectivity index (χ1v) is 14.6. The minimum atomic E-state index is 0.289. The largest absolute Gasteiger partial charge is 0.507 e. The highest BCUT2D eigenvalue weighted by molar-refractivity contribution is 5.95. The Hall–Kier alpha value is -4.22. The van der Waals surface area contributed by atoms with Gasteiger partial charge in [-0.25, -0.2) is 0 Å². The van der Waals surface area contributed by atoms with Crippen LogP contribution >= 0.6 is 0 Å². The summed E-state index contributed by atoms with van der Waals surface area (Å²) in [4.78, 5) is 2.50. The van der Waals surface area contributed by atoms with E-state index >= 15 is 0 Å². The molecule has 0 aliphatic carbocycles. The third-order valence-corrected chi connectivity index (χ3v) is 8.28. The van der Waals surface area contributed by atoms with Gasteiger partial charge >= 0.3 is 0 Å². The fraction of sp³-hybridized carbons (Fsp3) is 0.278. The molecule has 41 heavy (non-hydrogen) atoms. The van der Waals surface area contributed by atoms with Crippen molar-refractivity contribution in [1.29, 1.82) is 0 Å². The van der Waals surface area contributed by atoms with Gasteiger partial charge in [0.05, 0.1) is 12.8 Å². The average Bonchev–Trinajstić information content (AvgIpc) is 3.29. The number of ether oxygens (including phenoxy) is 2. The minimum Gasteiger partial charge on any atom is -0.507 e. The highest BCUT2D eigenvalue weighted by Crippen LogP contribution is 2.38. The zero-order chi connectivity index (χ0) is 28.2. The summed E-state index contributed by atoms with van der Waals surface area (Å²) in [6.45, 7) is 7.02. The fourth-order valence-corrected chi connectivity index (χ4v) is 6.04. The monoisotopic (exact) mass is 546 g/mol. The number of aryl methyl sites for hydroxylation is 1. The molecule has 0 radical (unpaired) electrons. The van der Waals surface area contributed by atoms with Crippen LogP contribution < -0.4 is 9.47 Å². The van der Waals surface area contributed by atoms with Crippen molar-refractivity contribution >= 4 is 10.9 Å². The Kier molecular flexibility index (Phi) is 7.97. The second kappa shape index (κ2) is 12.1. The highest BCUT2D eigenvalue weighted by Gasteiger charge is 2.18. The molecule has 0 saturated carbocycles. The number of hydrogen-bond donors (Lipinski definition) is 1. The van der Waals surface area contributed by atoms with Crippen LogP contribution in [0.3, 0.4) is 0 Å². The Balaban J connectivity index is 1.31. The molecular weight excluding hydrogens is 508 g/mol. The molecule has 0 spiro atoms. The van der Waals surface area contributed by atoms with Crippen LogP contribution in [0.1, 0.15) is 30.4 Å². The maximum absolute atomic E-state index is 10.5. The van der Waals surface area contributed by atoms with Gasteiger partial charge in [0.15, 0.2) is 0 Å². The molecule has 0 atom stereocenters. The van der Waals surface area contributed by atoms with E-state index in [0.717, 1.165) is 53.4 Å². The minimum absolute atomic E-state index is 0.289. The zero-order valence-electron chi connectivity index (χ0n) is 24.0. The number of fused-ring (bicyclic) bond motifs is 1. The summed E-state index contributed by atoms with van der Waals surface area (Å²) in [7, 11) is 1.69. The molecule has 2 heterocycles. The van der Waals surface area contributed by atoms with Crippen molar-refractivity contribution < 1.29 is 14.6 Å². The molecule has 1 aliphatic heterocycles. The van der Waals surface area contributed by atoms with Gasteiger partial charge in [-0.2, -0.15) is 0 Å². The van der Waals surface area contributed by atoms with Gasteiger partial charge in [0, 0.05) is 29.6 Å². The molecule has 1 aliphatic rings. The van der Waals surface area contributed by atoms with E-state index in [2.05, 4.69) is 71.0 Å².